The second-order valence-corrected chi connectivity index (χ2v) is 5.75. The van der Waals surface area contributed by atoms with E-state index in [9.17, 15) is 9.18 Å². The van der Waals surface area contributed by atoms with Gasteiger partial charge in [-0.2, -0.15) is 0 Å². The highest BCUT2D eigenvalue weighted by molar-refractivity contribution is 7.15. The van der Waals surface area contributed by atoms with Gasteiger partial charge in [-0.25, -0.2) is 9.18 Å². The Morgan fingerprint density at radius 3 is 2.78 bits per heavy atom. The first-order valence-electron chi connectivity index (χ1n) is 6.83. The molecule has 0 saturated heterocycles. The number of halogens is 1. The fourth-order valence-electron chi connectivity index (χ4n) is 1.87. The molecule has 3 rings (SSSR count). The molecule has 23 heavy (non-hydrogen) atoms. The van der Waals surface area contributed by atoms with E-state index in [4.69, 9.17) is 4.42 Å². The number of urea groups is 1. The monoisotopic (exact) mass is 332 g/mol. The van der Waals surface area contributed by atoms with E-state index in [2.05, 4.69) is 20.8 Å². The molecule has 2 heterocycles. The highest BCUT2D eigenvalue weighted by Crippen LogP contribution is 2.18. The van der Waals surface area contributed by atoms with Crippen LogP contribution in [0.5, 0.6) is 0 Å². The van der Waals surface area contributed by atoms with E-state index < -0.39 is 0 Å². The molecule has 0 aliphatic rings. The number of amides is 2. The smallest absolute Gasteiger partial charge is 0.321 e. The zero-order valence-corrected chi connectivity index (χ0v) is 12.8. The van der Waals surface area contributed by atoms with Crippen LogP contribution in [0.2, 0.25) is 0 Å². The van der Waals surface area contributed by atoms with Crippen molar-refractivity contribution in [1.29, 1.82) is 0 Å². The topological polar surface area (TPSA) is 80.0 Å². The number of furan rings is 1. The van der Waals surface area contributed by atoms with Gasteiger partial charge in [-0.15, -0.1) is 10.2 Å². The summed E-state index contributed by atoms with van der Waals surface area (Å²) in [5, 5.41) is 14.3. The summed E-state index contributed by atoms with van der Waals surface area (Å²) in [6.45, 7) is 0.292. The molecule has 118 valence electrons. The minimum absolute atomic E-state index is 0.276. The molecule has 0 aliphatic heterocycles. The average Bonchev–Trinajstić information content (AvgIpc) is 3.20. The lowest BCUT2D eigenvalue weighted by Crippen LogP contribution is -2.27. The van der Waals surface area contributed by atoms with Gasteiger partial charge >= 0.3 is 6.03 Å². The third-order valence-electron chi connectivity index (χ3n) is 2.96. The molecule has 1 aromatic carbocycles. The van der Waals surface area contributed by atoms with Gasteiger partial charge in [0.05, 0.1) is 12.8 Å². The van der Waals surface area contributed by atoms with Gasteiger partial charge in [-0.05, 0) is 29.8 Å². The first kappa shape index (κ1) is 15.2. The number of nitrogens with zero attached hydrogens (tertiary/aromatic N) is 2. The summed E-state index contributed by atoms with van der Waals surface area (Å²) in [5.41, 5.74) is 0.927. The number of aromatic nitrogens is 2. The molecule has 0 unspecified atom stereocenters. The minimum Gasteiger partial charge on any atom is -0.467 e. The van der Waals surface area contributed by atoms with Gasteiger partial charge in [0.15, 0.2) is 0 Å². The standard InChI is InChI=1S/C15H13FN4O2S/c16-11-5-3-10(4-6-11)8-13-19-20-15(23-13)18-14(21)17-9-12-2-1-7-22-12/h1-7H,8-9H2,(H2,17,18,20,21). The number of carbonyl (C=O) groups is 1. The van der Waals surface area contributed by atoms with Gasteiger partial charge in [-0.3, -0.25) is 5.32 Å². The third-order valence-corrected chi connectivity index (χ3v) is 3.80. The zero-order valence-electron chi connectivity index (χ0n) is 12.0. The van der Waals surface area contributed by atoms with Crippen molar-refractivity contribution >= 4 is 22.5 Å². The van der Waals surface area contributed by atoms with Crippen molar-refractivity contribution in [2.24, 2.45) is 0 Å². The van der Waals surface area contributed by atoms with Crippen LogP contribution in [0, 0.1) is 5.82 Å². The van der Waals surface area contributed by atoms with Crippen molar-refractivity contribution in [2.45, 2.75) is 13.0 Å². The molecule has 0 atom stereocenters. The molecule has 0 fully saturated rings. The average molecular weight is 332 g/mol. The van der Waals surface area contributed by atoms with E-state index in [-0.39, 0.29) is 11.8 Å². The van der Waals surface area contributed by atoms with E-state index in [1.54, 1.807) is 30.5 Å². The highest BCUT2D eigenvalue weighted by atomic mass is 32.1. The van der Waals surface area contributed by atoms with Crippen LogP contribution in [0.1, 0.15) is 16.3 Å². The van der Waals surface area contributed by atoms with Crippen LogP contribution in [-0.2, 0) is 13.0 Å². The van der Waals surface area contributed by atoms with Crippen LogP contribution in [0.3, 0.4) is 0 Å². The Morgan fingerprint density at radius 1 is 1.22 bits per heavy atom. The second kappa shape index (κ2) is 7.01. The maximum absolute atomic E-state index is 12.9. The molecule has 0 bridgehead atoms. The van der Waals surface area contributed by atoms with Gasteiger partial charge in [0, 0.05) is 6.42 Å². The van der Waals surface area contributed by atoms with E-state index in [1.807, 2.05) is 0 Å². The number of hydrogen-bond acceptors (Lipinski definition) is 5. The van der Waals surface area contributed by atoms with Crippen LogP contribution in [0.25, 0.3) is 0 Å². The normalized spacial score (nSPS) is 10.5. The molecular weight excluding hydrogens is 319 g/mol. The lowest BCUT2D eigenvalue weighted by Gasteiger charge is -2.02. The number of benzene rings is 1. The maximum atomic E-state index is 12.9. The molecule has 2 N–H and O–H groups in total. The van der Waals surface area contributed by atoms with E-state index >= 15 is 0 Å². The number of nitrogens with one attached hydrogen (secondary N) is 2. The van der Waals surface area contributed by atoms with Crippen LogP contribution >= 0.6 is 11.3 Å². The molecule has 0 radical (unpaired) electrons. The quantitative estimate of drug-likeness (QED) is 0.752. The Bertz CT molecular complexity index is 771. The van der Waals surface area contributed by atoms with E-state index in [1.165, 1.54) is 23.5 Å². The Kier molecular flexibility index (Phi) is 4.62. The molecule has 0 saturated carbocycles. The van der Waals surface area contributed by atoms with E-state index in [0.717, 1.165) is 10.6 Å². The minimum atomic E-state index is -0.383. The van der Waals surface area contributed by atoms with Gasteiger partial charge in [-0.1, -0.05) is 23.5 Å². The Balaban J connectivity index is 1.52. The van der Waals surface area contributed by atoms with Crippen molar-refractivity contribution in [1.82, 2.24) is 15.5 Å². The Labute approximate surface area is 135 Å². The number of anilines is 1. The molecule has 0 aliphatic carbocycles. The summed E-state index contributed by atoms with van der Waals surface area (Å²) in [7, 11) is 0. The summed E-state index contributed by atoms with van der Waals surface area (Å²) >= 11 is 1.27. The van der Waals surface area contributed by atoms with Gasteiger partial charge in [0.25, 0.3) is 0 Å². The van der Waals surface area contributed by atoms with Crippen LogP contribution in [0.15, 0.2) is 47.1 Å². The third kappa shape index (κ3) is 4.36. The lowest BCUT2D eigenvalue weighted by molar-refractivity contribution is 0.251. The highest BCUT2D eigenvalue weighted by Gasteiger charge is 2.09. The Morgan fingerprint density at radius 2 is 2.04 bits per heavy atom. The first-order valence-corrected chi connectivity index (χ1v) is 7.65. The molecule has 2 amide bonds. The fraction of sp³-hybridized carbons (Fsp3) is 0.133. The predicted octanol–water partition coefficient (Wildman–Crippen LogP) is 3.18. The largest absolute Gasteiger partial charge is 0.467 e. The SMILES string of the molecule is O=C(NCc1ccco1)Nc1nnc(Cc2ccc(F)cc2)s1. The molecular formula is C15H13FN4O2S. The molecule has 6 nitrogen and oxygen atoms in total. The fourth-order valence-corrected chi connectivity index (χ4v) is 2.64. The summed E-state index contributed by atoms with van der Waals surface area (Å²) in [4.78, 5) is 11.7. The lowest BCUT2D eigenvalue weighted by atomic mass is 10.2. The number of hydrogen-bond donors (Lipinski definition) is 2. The summed E-state index contributed by atoms with van der Waals surface area (Å²) in [6, 6.07) is 9.33. The van der Waals surface area contributed by atoms with Crippen molar-refractivity contribution in [2.75, 3.05) is 5.32 Å². The van der Waals surface area contributed by atoms with Crippen LogP contribution in [-0.4, -0.2) is 16.2 Å². The second-order valence-electron chi connectivity index (χ2n) is 4.69. The van der Waals surface area contributed by atoms with Crippen molar-refractivity contribution in [3.63, 3.8) is 0 Å². The first-order chi connectivity index (χ1) is 11.2. The molecule has 3 aromatic rings. The maximum Gasteiger partial charge on any atom is 0.321 e. The van der Waals surface area contributed by atoms with Gasteiger partial charge in [0.2, 0.25) is 5.13 Å². The van der Waals surface area contributed by atoms with Crippen molar-refractivity contribution in [3.05, 3.63) is 64.8 Å². The summed E-state index contributed by atoms with van der Waals surface area (Å²) < 4.78 is 18.0. The van der Waals surface area contributed by atoms with Gasteiger partial charge in [0.1, 0.15) is 16.6 Å². The van der Waals surface area contributed by atoms with E-state index in [0.29, 0.717) is 23.9 Å². The van der Waals surface area contributed by atoms with Crippen molar-refractivity contribution < 1.29 is 13.6 Å². The summed E-state index contributed by atoms with van der Waals surface area (Å²) in [5.74, 6) is 0.385. The van der Waals surface area contributed by atoms with Crippen LogP contribution in [0.4, 0.5) is 14.3 Å². The molecule has 2 aromatic heterocycles. The van der Waals surface area contributed by atoms with Crippen LogP contribution < -0.4 is 10.6 Å². The molecule has 8 heteroatoms. The number of rotatable bonds is 5. The number of carbonyl (C=O) groups excluding carboxylic acids is 1. The molecule has 0 spiro atoms. The Hall–Kier alpha value is -2.74. The summed E-state index contributed by atoms with van der Waals surface area (Å²) in [6.07, 6.45) is 2.08. The predicted molar refractivity (Wildman–Crippen MR) is 83.7 cm³/mol. The van der Waals surface area contributed by atoms with Crippen molar-refractivity contribution in [3.8, 4) is 0 Å². The zero-order chi connectivity index (χ0) is 16.1. The van der Waals surface area contributed by atoms with Gasteiger partial charge < -0.3 is 9.73 Å².